The van der Waals surface area contributed by atoms with Crippen LogP contribution in [0, 0.1) is 0 Å². The Kier molecular flexibility index (Phi) is 7.36. The maximum Gasteiger partial charge on any atom is 0.340 e. The third-order valence-electron chi connectivity index (χ3n) is 3.69. The fraction of sp³-hybridized carbons (Fsp3) is 0.263. The van der Waals surface area contributed by atoms with Crippen molar-refractivity contribution in [3.8, 4) is 5.75 Å². The smallest absolute Gasteiger partial charge is 0.340 e. The summed E-state index contributed by atoms with van der Waals surface area (Å²) in [4.78, 5) is 25.4. The molecule has 0 aromatic heterocycles. The average molecular weight is 394 g/mol. The number of ether oxygens (including phenoxy) is 2. The Labute approximate surface area is 162 Å². The molecule has 0 saturated carbocycles. The quantitative estimate of drug-likeness (QED) is 0.570. The van der Waals surface area contributed by atoms with E-state index in [0.29, 0.717) is 5.75 Å². The molecule has 2 aromatic rings. The topological polar surface area (TPSA) is 64.6 Å². The number of thioether (sulfide) groups is 1. The van der Waals surface area contributed by atoms with E-state index in [1.807, 2.05) is 36.6 Å². The number of carbonyl (C=O) groups excluding carboxylic acids is 2. The lowest BCUT2D eigenvalue weighted by Gasteiger charge is -2.15. The maximum absolute atomic E-state index is 12.3. The summed E-state index contributed by atoms with van der Waals surface area (Å²) in [6.45, 7) is 1.79. The molecule has 5 nitrogen and oxygen atoms in total. The number of esters is 1. The summed E-state index contributed by atoms with van der Waals surface area (Å²) in [7, 11) is 1.57. The summed E-state index contributed by atoms with van der Waals surface area (Å²) in [6.07, 6.45) is 0.943. The van der Waals surface area contributed by atoms with Crippen LogP contribution in [0.25, 0.3) is 0 Å². The van der Waals surface area contributed by atoms with Gasteiger partial charge >= 0.3 is 5.97 Å². The number of benzene rings is 2. The minimum absolute atomic E-state index is 0.239. The first-order valence-electron chi connectivity index (χ1n) is 7.90. The molecule has 1 amide bonds. The molecule has 0 bridgehead atoms. The molecule has 2 rings (SSSR count). The molecule has 2 aromatic carbocycles. The Morgan fingerprint density at radius 2 is 1.96 bits per heavy atom. The fourth-order valence-electron chi connectivity index (χ4n) is 2.24. The van der Waals surface area contributed by atoms with E-state index in [2.05, 4.69) is 5.32 Å². The number of hydrogen-bond donors (Lipinski definition) is 1. The van der Waals surface area contributed by atoms with Crippen LogP contribution in [-0.4, -0.2) is 31.3 Å². The van der Waals surface area contributed by atoms with E-state index in [9.17, 15) is 9.59 Å². The van der Waals surface area contributed by atoms with Gasteiger partial charge in [0.15, 0.2) is 6.10 Å². The van der Waals surface area contributed by atoms with Gasteiger partial charge in [0.2, 0.25) is 0 Å². The number of carbonyl (C=O) groups is 2. The zero-order valence-corrected chi connectivity index (χ0v) is 16.3. The molecule has 7 heteroatoms. The maximum atomic E-state index is 12.3. The number of rotatable bonds is 7. The van der Waals surface area contributed by atoms with Gasteiger partial charge in [-0.3, -0.25) is 4.79 Å². The fourth-order valence-corrected chi connectivity index (χ4v) is 2.87. The number of hydrogen-bond acceptors (Lipinski definition) is 5. The SMILES string of the molecule is COc1ccccc1CNC(=O)C(C)OC(=O)c1cc(SC)ccc1Cl. The molecule has 1 unspecified atom stereocenters. The zero-order chi connectivity index (χ0) is 19.1. The standard InChI is InChI=1S/C19H20ClNO4S/c1-12(18(22)21-11-13-6-4-5-7-17(13)24-2)25-19(23)15-10-14(26-3)8-9-16(15)20/h4-10,12H,11H2,1-3H3,(H,21,22). The van der Waals surface area contributed by atoms with Gasteiger partial charge in [-0.05, 0) is 37.4 Å². The molecule has 1 atom stereocenters. The Bertz CT molecular complexity index is 797. The van der Waals surface area contributed by atoms with Crippen molar-refractivity contribution >= 4 is 35.2 Å². The highest BCUT2D eigenvalue weighted by atomic mass is 35.5. The van der Waals surface area contributed by atoms with Gasteiger partial charge in [-0.25, -0.2) is 4.79 Å². The molecule has 0 saturated heterocycles. The molecule has 0 radical (unpaired) electrons. The van der Waals surface area contributed by atoms with Gasteiger partial charge in [0.25, 0.3) is 5.91 Å². The summed E-state index contributed by atoms with van der Waals surface area (Å²) >= 11 is 7.55. The number of amides is 1. The lowest BCUT2D eigenvalue weighted by Crippen LogP contribution is -2.35. The number of nitrogens with one attached hydrogen (secondary N) is 1. The summed E-state index contributed by atoms with van der Waals surface area (Å²) in [5.41, 5.74) is 1.07. The molecule has 138 valence electrons. The Morgan fingerprint density at radius 3 is 2.65 bits per heavy atom. The monoisotopic (exact) mass is 393 g/mol. The molecule has 0 aliphatic heterocycles. The molecular formula is C19H20ClNO4S. The van der Waals surface area contributed by atoms with E-state index in [1.165, 1.54) is 18.7 Å². The highest BCUT2D eigenvalue weighted by Crippen LogP contribution is 2.24. The van der Waals surface area contributed by atoms with Crippen molar-refractivity contribution < 1.29 is 19.1 Å². The van der Waals surface area contributed by atoms with Crippen molar-refractivity contribution in [2.45, 2.75) is 24.5 Å². The first-order chi connectivity index (χ1) is 12.5. The van der Waals surface area contributed by atoms with Crippen LogP contribution in [0.5, 0.6) is 5.75 Å². The largest absolute Gasteiger partial charge is 0.496 e. The van der Waals surface area contributed by atoms with Gasteiger partial charge in [-0.15, -0.1) is 11.8 Å². The van der Waals surface area contributed by atoms with Gasteiger partial charge in [0, 0.05) is 17.0 Å². The Morgan fingerprint density at radius 1 is 1.23 bits per heavy atom. The first kappa shape index (κ1) is 20.1. The van der Waals surface area contributed by atoms with E-state index in [0.717, 1.165) is 10.5 Å². The molecule has 1 N–H and O–H groups in total. The predicted octanol–water partition coefficient (Wildman–Crippen LogP) is 3.93. The van der Waals surface area contributed by atoms with Crippen LogP contribution in [-0.2, 0) is 16.1 Å². The second-order valence-electron chi connectivity index (χ2n) is 5.42. The molecule has 0 spiro atoms. The van der Waals surface area contributed by atoms with E-state index < -0.39 is 18.0 Å². The second-order valence-corrected chi connectivity index (χ2v) is 6.71. The van der Waals surface area contributed by atoms with Gasteiger partial charge in [-0.1, -0.05) is 29.8 Å². The molecule has 0 heterocycles. The van der Waals surface area contributed by atoms with Crippen molar-refractivity contribution in [3.05, 3.63) is 58.6 Å². The molecule has 0 fully saturated rings. The Balaban J connectivity index is 1.97. The van der Waals surface area contributed by atoms with Crippen LogP contribution < -0.4 is 10.1 Å². The van der Waals surface area contributed by atoms with Crippen molar-refractivity contribution in [1.29, 1.82) is 0 Å². The van der Waals surface area contributed by atoms with Gasteiger partial charge in [-0.2, -0.15) is 0 Å². The second kappa shape index (κ2) is 9.50. The number of methoxy groups -OCH3 is 1. The Hall–Kier alpha value is -2.18. The van der Waals surface area contributed by atoms with Crippen molar-refractivity contribution in [3.63, 3.8) is 0 Å². The molecule has 26 heavy (non-hydrogen) atoms. The van der Waals surface area contributed by atoms with Crippen molar-refractivity contribution in [2.75, 3.05) is 13.4 Å². The summed E-state index contributed by atoms with van der Waals surface area (Å²) in [5, 5.41) is 3.02. The van der Waals surface area contributed by atoms with Crippen LogP contribution >= 0.6 is 23.4 Å². The average Bonchev–Trinajstić information content (AvgIpc) is 2.66. The third kappa shape index (κ3) is 5.16. The third-order valence-corrected chi connectivity index (χ3v) is 4.75. The van der Waals surface area contributed by atoms with Gasteiger partial charge in [0.1, 0.15) is 5.75 Å². The number of halogens is 1. The van der Waals surface area contributed by atoms with E-state index in [4.69, 9.17) is 21.1 Å². The van der Waals surface area contributed by atoms with Crippen LogP contribution in [0.3, 0.4) is 0 Å². The molecule has 0 aliphatic rings. The van der Waals surface area contributed by atoms with E-state index in [-0.39, 0.29) is 17.1 Å². The van der Waals surface area contributed by atoms with Crippen LogP contribution in [0.2, 0.25) is 5.02 Å². The summed E-state index contributed by atoms with van der Waals surface area (Å²) in [6, 6.07) is 12.5. The summed E-state index contributed by atoms with van der Waals surface area (Å²) < 4.78 is 10.5. The summed E-state index contributed by atoms with van der Waals surface area (Å²) in [5.74, 6) is -0.356. The zero-order valence-electron chi connectivity index (χ0n) is 14.7. The van der Waals surface area contributed by atoms with Crippen LogP contribution in [0.1, 0.15) is 22.8 Å². The van der Waals surface area contributed by atoms with E-state index in [1.54, 1.807) is 19.2 Å². The van der Waals surface area contributed by atoms with Gasteiger partial charge in [0.05, 0.1) is 17.7 Å². The predicted molar refractivity (Wildman–Crippen MR) is 103 cm³/mol. The highest BCUT2D eigenvalue weighted by molar-refractivity contribution is 7.98. The molecule has 0 aliphatic carbocycles. The molecular weight excluding hydrogens is 374 g/mol. The minimum Gasteiger partial charge on any atom is -0.496 e. The first-order valence-corrected chi connectivity index (χ1v) is 9.50. The van der Waals surface area contributed by atoms with Crippen molar-refractivity contribution in [1.82, 2.24) is 5.32 Å². The van der Waals surface area contributed by atoms with Gasteiger partial charge < -0.3 is 14.8 Å². The lowest BCUT2D eigenvalue weighted by atomic mass is 10.2. The lowest BCUT2D eigenvalue weighted by molar-refractivity contribution is -0.129. The normalized spacial score (nSPS) is 11.5. The minimum atomic E-state index is -0.953. The van der Waals surface area contributed by atoms with E-state index >= 15 is 0 Å². The van der Waals surface area contributed by atoms with Crippen molar-refractivity contribution in [2.24, 2.45) is 0 Å². The van der Waals surface area contributed by atoms with Crippen LogP contribution in [0.4, 0.5) is 0 Å². The highest BCUT2D eigenvalue weighted by Gasteiger charge is 2.21. The van der Waals surface area contributed by atoms with Crippen LogP contribution in [0.15, 0.2) is 47.4 Å². The number of para-hydroxylation sites is 1.